The Balaban J connectivity index is -0.000000445. The first-order valence-corrected chi connectivity index (χ1v) is 8.46. The molecule has 150 valence electrons. The van der Waals surface area contributed by atoms with Crippen LogP contribution in [-0.2, 0) is 39.9 Å². The minimum Gasteiger partial charge on any atom is 0 e. The topological polar surface area (TPSA) is 84.6 Å². The van der Waals surface area contributed by atoms with Gasteiger partial charge in [0, 0.05) is 44.0 Å². The second-order valence-electron chi connectivity index (χ2n) is 4.25. The second-order valence-corrected chi connectivity index (χ2v) is 5.79. The number of hydrogen-bond acceptors (Lipinski definition) is 4. The zero-order valence-corrected chi connectivity index (χ0v) is 17.7. The molecule has 6 nitrogen and oxygen atoms in total. The van der Waals surface area contributed by atoms with Crippen LogP contribution in [0, 0.1) is 13.3 Å². The van der Waals surface area contributed by atoms with Crippen molar-refractivity contribution in [3.8, 4) is 0 Å². The predicted octanol–water partition coefficient (Wildman–Crippen LogP) is 4.66. The fraction of sp³-hybridized carbons (Fsp3) is 0.150. The van der Waals surface area contributed by atoms with E-state index in [0.717, 1.165) is 11.1 Å². The average molecular weight is 444 g/mol. The maximum absolute atomic E-state index is 11.7. The van der Waals surface area contributed by atoms with Gasteiger partial charge in [-0.25, -0.2) is 0 Å². The molecule has 2 rings (SSSR count). The largest absolute Gasteiger partial charge is 0 e. The summed E-state index contributed by atoms with van der Waals surface area (Å²) < 4.78 is 29.0. The Morgan fingerprint density at radius 3 is 1.57 bits per heavy atom. The molecule has 0 aromatic heterocycles. The summed E-state index contributed by atoms with van der Waals surface area (Å²) in [4.78, 5) is 11.7. The molecular weight excluding hydrogens is 423 g/mol. The molecule has 0 saturated heterocycles. The second kappa shape index (κ2) is 23.2. The third-order valence-electron chi connectivity index (χ3n) is 2.73. The standard InChI is InChI=1S/C15H12O.C3H9O3P.2CO.Fe/c16-15(14-9-5-2-6-10-14)12-11-13-7-3-1-4-8-13;1-4-7(5-2)6-3;2*1-2;/h1-12H;1-3H3;;;/b12-11+;;;;. The Hall–Kier alpha value is -1.84. The molecule has 2 aromatic carbocycles. The molecule has 0 aliphatic rings. The van der Waals surface area contributed by atoms with Crippen molar-refractivity contribution < 1.29 is 44.7 Å². The molecule has 0 radical (unpaired) electrons. The predicted molar refractivity (Wildman–Crippen MR) is 102 cm³/mol. The molecule has 0 aliphatic heterocycles. The summed E-state index contributed by atoms with van der Waals surface area (Å²) in [6.45, 7) is 9.00. The van der Waals surface area contributed by atoms with Crippen LogP contribution in [0.5, 0.6) is 0 Å². The molecule has 0 spiro atoms. The van der Waals surface area contributed by atoms with Gasteiger partial charge in [0.2, 0.25) is 0 Å². The molecule has 0 unspecified atom stereocenters. The van der Waals surface area contributed by atoms with Crippen molar-refractivity contribution >= 4 is 20.5 Å². The van der Waals surface area contributed by atoms with Crippen molar-refractivity contribution in [1.82, 2.24) is 0 Å². The molecular formula is C20H21FeO6P. The Morgan fingerprint density at radius 1 is 0.821 bits per heavy atom. The van der Waals surface area contributed by atoms with Gasteiger partial charge in [-0.15, -0.1) is 0 Å². The molecule has 2 aromatic rings. The third-order valence-corrected chi connectivity index (χ3v) is 3.63. The van der Waals surface area contributed by atoms with E-state index in [1.807, 2.05) is 66.7 Å². The minimum atomic E-state index is -1.05. The van der Waals surface area contributed by atoms with Gasteiger partial charge < -0.3 is 13.6 Å². The smallest absolute Gasteiger partial charge is 0 e. The number of carbonyl (C=O) groups is 1. The van der Waals surface area contributed by atoms with E-state index in [1.165, 1.54) is 0 Å². The first-order chi connectivity index (χ1) is 13.2. The van der Waals surface area contributed by atoms with E-state index in [9.17, 15) is 4.79 Å². The van der Waals surface area contributed by atoms with Gasteiger partial charge in [0.25, 0.3) is 0 Å². The van der Waals surface area contributed by atoms with Crippen LogP contribution in [0.15, 0.2) is 66.7 Å². The van der Waals surface area contributed by atoms with E-state index in [2.05, 4.69) is 26.9 Å². The average Bonchev–Trinajstić information content (AvgIpc) is 2.78. The molecule has 0 fully saturated rings. The summed E-state index contributed by atoms with van der Waals surface area (Å²) in [6, 6.07) is 19.1. The zero-order valence-electron chi connectivity index (χ0n) is 15.7. The fourth-order valence-electron chi connectivity index (χ4n) is 1.66. The first kappa shape index (κ1) is 30.9. The van der Waals surface area contributed by atoms with Gasteiger partial charge in [-0.1, -0.05) is 66.7 Å². The van der Waals surface area contributed by atoms with E-state index in [1.54, 1.807) is 27.4 Å². The SMILES string of the molecule is COP(OC)OC.O=C(/C=C/c1ccccc1)c1ccccc1.[C-]#[O+].[C-]#[O+].[Fe]. The Kier molecular flexibility index (Phi) is 25.6. The fourth-order valence-corrected chi connectivity index (χ4v) is 2.11. The summed E-state index contributed by atoms with van der Waals surface area (Å²) in [5.74, 6) is 0.0319. The van der Waals surface area contributed by atoms with Crippen molar-refractivity contribution in [1.29, 1.82) is 0 Å². The van der Waals surface area contributed by atoms with E-state index in [-0.39, 0.29) is 22.9 Å². The van der Waals surface area contributed by atoms with Gasteiger partial charge in [-0.2, -0.15) is 0 Å². The maximum atomic E-state index is 11.7. The molecule has 0 amide bonds. The maximum Gasteiger partial charge on any atom is 0 e. The van der Waals surface area contributed by atoms with Gasteiger partial charge in [-0.3, -0.25) is 4.79 Å². The van der Waals surface area contributed by atoms with Crippen LogP contribution in [0.3, 0.4) is 0 Å². The Morgan fingerprint density at radius 2 is 1.21 bits per heavy atom. The summed E-state index contributed by atoms with van der Waals surface area (Å²) >= 11 is 0. The van der Waals surface area contributed by atoms with Gasteiger partial charge in [-0.05, 0) is 11.6 Å². The molecule has 0 bridgehead atoms. The van der Waals surface area contributed by atoms with Crippen molar-refractivity contribution in [2.24, 2.45) is 0 Å². The number of ketones is 1. The van der Waals surface area contributed by atoms with Crippen LogP contribution in [0.2, 0.25) is 0 Å². The van der Waals surface area contributed by atoms with E-state index in [0.29, 0.717) is 0 Å². The summed E-state index contributed by atoms with van der Waals surface area (Å²) in [6.07, 6.45) is 3.43. The van der Waals surface area contributed by atoms with Gasteiger partial charge in [0.1, 0.15) is 0 Å². The van der Waals surface area contributed by atoms with E-state index >= 15 is 0 Å². The molecule has 0 heterocycles. The van der Waals surface area contributed by atoms with Crippen LogP contribution in [0.25, 0.3) is 6.08 Å². The third kappa shape index (κ3) is 15.2. The van der Waals surface area contributed by atoms with Crippen LogP contribution >= 0.6 is 8.60 Å². The van der Waals surface area contributed by atoms with Crippen molar-refractivity contribution in [2.75, 3.05) is 21.3 Å². The molecule has 0 aliphatic carbocycles. The molecule has 28 heavy (non-hydrogen) atoms. The van der Waals surface area contributed by atoms with Crippen molar-refractivity contribution in [3.05, 3.63) is 91.2 Å². The summed E-state index contributed by atoms with van der Waals surface area (Å²) in [7, 11) is 3.57. The normalized spacial score (nSPS) is 8.71. The number of rotatable bonds is 6. The van der Waals surface area contributed by atoms with Crippen LogP contribution in [0.1, 0.15) is 15.9 Å². The number of allylic oxidation sites excluding steroid dienone is 1. The molecule has 8 heteroatoms. The summed E-state index contributed by atoms with van der Waals surface area (Å²) in [5, 5.41) is 0. The number of benzene rings is 2. The van der Waals surface area contributed by atoms with Crippen molar-refractivity contribution in [2.45, 2.75) is 0 Å². The first-order valence-electron chi connectivity index (χ1n) is 7.37. The van der Waals surface area contributed by atoms with Gasteiger partial charge >= 0.3 is 31.2 Å². The number of carbonyl (C=O) groups excluding carboxylic acids is 1. The Labute approximate surface area is 177 Å². The van der Waals surface area contributed by atoms with E-state index < -0.39 is 8.60 Å². The Bertz CT molecular complexity index is 659. The molecule has 0 saturated carbocycles. The van der Waals surface area contributed by atoms with Crippen LogP contribution in [0.4, 0.5) is 0 Å². The van der Waals surface area contributed by atoms with Gasteiger partial charge in [0.05, 0.1) is 0 Å². The van der Waals surface area contributed by atoms with E-state index in [4.69, 9.17) is 9.30 Å². The van der Waals surface area contributed by atoms with Crippen LogP contribution < -0.4 is 0 Å². The monoisotopic (exact) mass is 444 g/mol. The van der Waals surface area contributed by atoms with Gasteiger partial charge in [0.15, 0.2) is 5.78 Å². The number of hydrogen-bond donors (Lipinski definition) is 0. The molecule has 0 atom stereocenters. The zero-order chi connectivity index (χ0) is 20.9. The summed E-state index contributed by atoms with van der Waals surface area (Å²) in [5.41, 5.74) is 1.75. The minimum absolute atomic E-state index is 0. The quantitative estimate of drug-likeness (QED) is 0.162. The van der Waals surface area contributed by atoms with Crippen LogP contribution in [-0.4, -0.2) is 27.1 Å². The van der Waals surface area contributed by atoms with Crippen molar-refractivity contribution in [3.63, 3.8) is 0 Å². The molecule has 0 N–H and O–H groups in total.